The lowest BCUT2D eigenvalue weighted by Gasteiger charge is -2.10. The van der Waals surface area contributed by atoms with E-state index in [0.29, 0.717) is 12.1 Å². The summed E-state index contributed by atoms with van der Waals surface area (Å²) in [4.78, 5) is 11.4. The number of halogens is 3. The van der Waals surface area contributed by atoms with Crippen molar-refractivity contribution < 1.29 is 13.2 Å². The van der Waals surface area contributed by atoms with Crippen LogP contribution in [0.1, 0.15) is 32.0 Å². The van der Waals surface area contributed by atoms with Gasteiger partial charge in [0.25, 0.3) is 0 Å². The molecule has 1 aliphatic carbocycles. The molecule has 0 amide bonds. The van der Waals surface area contributed by atoms with Crippen LogP contribution >= 0.6 is 0 Å². The molecule has 0 atom stereocenters. The molecule has 1 aliphatic rings. The summed E-state index contributed by atoms with van der Waals surface area (Å²) in [5.41, 5.74) is 0.635. The summed E-state index contributed by atoms with van der Waals surface area (Å²) in [5, 5.41) is 3.00. The van der Waals surface area contributed by atoms with Gasteiger partial charge in [-0.05, 0) is 19.3 Å². The lowest BCUT2D eigenvalue weighted by molar-refractivity contribution is -0.144. The zero-order chi connectivity index (χ0) is 14.3. The van der Waals surface area contributed by atoms with E-state index in [-0.39, 0.29) is 17.5 Å². The minimum Gasteiger partial charge on any atom is -0.365 e. The third kappa shape index (κ3) is 2.41. The molecule has 0 unspecified atom stereocenters. The Kier molecular flexibility index (Phi) is 3.02. The molecule has 20 heavy (non-hydrogen) atoms. The van der Waals surface area contributed by atoms with Crippen molar-refractivity contribution in [2.24, 2.45) is 0 Å². The Labute approximate surface area is 113 Å². The minimum atomic E-state index is -4.56. The second kappa shape index (κ2) is 4.60. The number of aromatic nitrogens is 4. The largest absolute Gasteiger partial charge is 0.451 e. The van der Waals surface area contributed by atoms with Crippen molar-refractivity contribution in [3.05, 3.63) is 12.2 Å². The van der Waals surface area contributed by atoms with Gasteiger partial charge in [0.2, 0.25) is 5.82 Å². The van der Waals surface area contributed by atoms with Crippen LogP contribution < -0.4 is 5.32 Å². The average molecular weight is 285 g/mol. The van der Waals surface area contributed by atoms with Crippen LogP contribution in [0.4, 0.5) is 19.0 Å². The number of rotatable bonds is 4. The third-order valence-electron chi connectivity index (χ3n) is 3.10. The Balaban J connectivity index is 2.13. The van der Waals surface area contributed by atoms with Crippen LogP contribution in [0, 0.1) is 0 Å². The first-order chi connectivity index (χ1) is 9.49. The molecule has 3 rings (SSSR count). The number of fused-ring (bicyclic) bond motifs is 1. The quantitative estimate of drug-likeness (QED) is 0.938. The van der Waals surface area contributed by atoms with Gasteiger partial charge in [-0.1, -0.05) is 6.92 Å². The maximum absolute atomic E-state index is 12.9. The van der Waals surface area contributed by atoms with Crippen molar-refractivity contribution >= 4 is 17.0 Å². The lowest BCUT2D eigenvalue weighted by Crippen LogP contribution is -2.15. The summed E-state index contributed by atoms with van der Waals surface area (Å²) in [6.45, 7) is 2.52. The highest BCUT2D eigenvalue weighted by Crippen LogP contribution is 2.32. The summed E-state index contributed by atoms with van der Waals surface area (Å²) in [6.07, 6.45) is -0.357. The van der Waals surface area contributed by atoms with E-state index in [4.69, 9.17) is 0 Å². The van der Waals surface area contributed by atoms with Gasteiger partial charge in [-0.15, -0.1) is 0 Å². The summed E-state index contributed by atoms with van der Waals surface area (Å²) in [7, 11) is 0. The molecule has 0 bridgehead atoms. The molecule has 8 heteroatoms. The first kappa shape index (κ1) is 13.1. The van der Waals surface area contributed by atoms with Gasteiger partial charge in [-0.3, -0.25) is 0 Å². The second-order valence-electron chi connectivity index (χ2n) is 4.92. The molecule has 0 spiro atoms. The second-order valence-corrected chi connectivity index (χ2v) is 4.92. The number of hydrogen-bond donors (Lipinski definition) is 1. The lowest BCUT2D eigenvalue weighted by atomic mass is 10.4. The van der Waals surface area contributed by atoms with Crippen LogP contribution in [0.15, 0.2) is 6.33 Å². The van der Waals surface area contributed by atoms with E-state index in [9.17, 15) is 13.2 Å². The smallest absolute Gasteiger partial charge is 0.365 e. The van der Waals surface area contributed by atoms with Crippen molar-refractivity contribution in [3.8, 4) is 0 Å². The van der Waals surface area contributed by atoms with E-state index in [1.54, 1.807) is 4.57 Å². The van der Waals surface area contributed by atoms with Gasteiger partial charge < -0.3 is 9.88 Å². The molecular formula is C12H14F3N5. The number of nitrogens with zero attached hydrogens (tertiary/aromatic N) is 4. The zero-order valence-corrected chi connectivity index (χ0v) is 10.9. The number of nitrogens with one attached hydrogen (secondary N) is 1. The highest BCUT2D eigenvalue weighted by Gasteiger charge is 2.36. The van der Waals surface area contributed by atoms with Gasteiger partial charge >= 0.3 is 6.18 Å². The van der Waals surface area contributed by atoms with Crippen LogP contribution in [0.3, 0.4) is 0 Å². The van der Waals surface area contributed by atoms with E-state index >= 15 is 0 Å². The molecule has 1 fully saturated rings. The molecule has 0 aromatic carbocycles. The standard InChI is InChI=1S/C12H14F3N5/c1-2-5-20-6-16-8-9(17-7-3-4-7)18-11(12(13,14)15)19-10(8)20/h6-7H,2-5H2,1H3,(H,17,18,19). The van der Waals surface area contributed by atoms with Crippen LogP contribution in [-0.2, 0) is 12.7 Å². The first-order valence-corrected chi connectivity index (χ1v) is 6.55. The first-order valence-electron chi connectivity index (χ1n) is 6.55. The zero-order valence-electron chi connectivity index (χ0n) is 10.9. The molecule has 2 aromatic rings. The summed E-state index contributed by atoms with van der Waals surface area (Å²) >= 11 is 0. The highest BCUT2D eigenvalue weighted by molar-refractivity contribution is 5.83. The molecule has 0 saturated heterocycles. The van der Waals surface area contributed by atoms with E-state index in [1.807, 2.05) is 6.92 Å². The van der Waals surface area contributed by atoms with Gasteiger partial charge in [0.15, 0.2) is 11.5 Å². The third-order valence-corrected chi connectivity index (χ3v) is 3.10. The molecular weight excluding hydrogens is 271 g/mol. The maximum atomic E-state index is 12.9. The van der Waals surface area contributed by atoms with Crippen LogP contribution in [0.25, 0.3) is 11.2 Å². The fraction of sp³-hybridized carbons (Fsp3) is 0.583. The number of anilines is 1. The molecule has 1 N–H and O–H groups in total. The number of alkyl halides is 3. The summed E-state index contributed by atoms with van der Waals surface area (Å²) < 4.78 is 40.3. The van der Waals surface area contributed by atoms with Gasteiger partial charge in [-0.25, -0.2) is 15.0 Å². The molecule has 108 valence electrons. The average Bonchev–Trinajstić information content (AvgIpc) is 3.09. The fourth-order valence-corrected chi connectivity index (χ4v) is 2.00. The summed E-state index contributed by atoms with van der Waals surface area (Å²) in [6, 6.07) is 0.200. The topological polar surface area (TPSA) is 55.6 Å². The highest BCUT2D eigenvalue weighted by atomic mass is 19.4. The number of imidazole rings is 1. The Morgan fingerprint density at radius 3 is 2.70 bits per heavy atom. The molecule has 0 radical (unpaired) electrons. The molecule has 0 aliphatic heterocycles. The molecule has 1 saturated carbocycles. The van der Waals surface area contributed by atoms with Crippen LogP contribution in [-0.4, -0.2) is 25.6 Å². The van der Waals surface area contributed by atoms with E-state index in [1.165, 1.54) is 6.33 Å². The van der Waals surface area contributed by atoms with Gasteiger partial charge in [-0.2, -0.15) is 13.2 Å². The van der Waals surface area contributed by atoms with Crippen molar-refractivity contribution in [2.45, 2.75) is 44.9 Å². The number of hydrogen-bond acceptors (Lipinski definition) is 4. The van der Waals surface area contributed by atoms with Crippen LogP contribution in [0.5, 0.6) is 0 Å². The summed E-state index contributed by atoms with van der Waals surface area (Å²) in [5.74, 6) is -0.939. The van der Waals surface area contributed by atoms with Gasteiger partial charge in [0, 0.05) is 12.6 Å². The molecule has 2 aromatic heterocycles. The van der Waals surface area contributed by atoms with Gasteiger partial charge in [0.05, 0.1) is 6.33 Å². The Hall–Kier alpha value is -1.86. The van der Waals surface area contributed by atoms with Crippen LogP contribution in [0.2, 0.25) is 0 Å². The monoisotopic (exact) mass is 285 g/mol. The number of aryl methyl sites for hydroxylation is 1. The van der Waals surface area contributed by atoms with Crippen molar-refractivity contribution in [2.75, 3.05) is 5.32 Å². The van der Waals surface area contributed by atoms with E-state index < -0.39 is 12.0 Å². The fourth-order valence-electron chi connectivity index (χ4n) is 2.00. The normalized spacial score (nSPS) is 15.8. The minimum absolute atomic E-state index is 0.180. The maximum Gasteiger partial charge on any atom is 0.451 e. The predicted octanol–water partition coefficient (Wildman–Crippen LogP) is 2.83. The SMILES string of the molecule is CCCn1cnc2c(NC3CC3)nc(C(F)(F)F)nc21. The van der Waals surface area contributed by atoms with Crippen molar-refractivity contribution in [1.29, 1.82) is 0 Å². The van der Waals surface area contributed by atoms with Crippen molar-refractivity contribution in [1.82, 2.24) is 19.5 Å². The Morgan fingerprint density at radius 1 is 1.35 bits per heavy atom. The Morgan fingerprint density at radius 2 is 2.10 bits per heavy atom. The predicted molar refractivity (Wildman–Crippen MR) is 67.3 cm³/mol. The van der Waals surface area contributed by atoms with E-state index in [2.05, 4.69) is 20.3 Å². The molecule has 5 nitrogen and oxygen atoms in total. The molecule has 2 heterocycles. The Bertz CT molecular complexity index is 630. The van der Waals surface area contributed by atoms with Gasteiger partial charge in [0.1, 0.15) is 5.52 Å². The van der Waals surface area contributed by atoms with E-state index in [0.717, 1.165) is 19.3 Å². The van der Waals surface area contributed by atoms with Crippen molar-refractivity contribution in [3.63, 3.8) is 0 Å².